The van der Waals surface area contributed by atoms with Gasteiger partial charge in [0.25, 0.3) is 0 Å². The van der Waals surface area contributed by atoms with Crippen molar-refractivity contribution in [3.8, 4) is 5.75 Å². The van der Waals surface area contributed by atoms with Gasteiger partial charge in [-0.3, -0.25) is 4.98 Å². The highest BCUT2D eigenvalue weighted by molar-refractivity contribution is 9.10. The minimum atomic E-state index is -0.889. The van der Waals surface area contributed by atoms with E-state index in [0.717, 1.165) is 32.4 Å². The zero-order valence-corrected chi connectivity index (χ0v) is 16.1. The Hall–Kier alpha value is -1.73. The normalized spacial score (nSPS) is 22.4. The standard InChI is InChI=1S/C17H17BrClN3O3/c1-8-5-22-10(6-21(8)17(23)24)7-25-13-4-20-15-9(2)14(18)12(19)3-11(15)16(13)22/h3-4,8,10H,5-7H2,1-2H3,(H,23,24)/t8-,10-/m1/s1. The molecule has 8 heteroatoms. The third-order valence-corrected chi connectivity index (χ3v) is 6.57. The van der Waals surface area contributed by atoms with Gasteiger partial charge < -0.3 is 19.6 Å². The molecule has 2 aliphatic rings. The van der Waals surface area contributed by atoms with Gasteiger partial charge in [0.15, 0.2) is 5.75 Å². The van der Waals surface area contributed by atoms with Gasteiger partial charge in [0.1, 0.15) is 6.61 Å². The summed E-state index contributed by atoms with van der Waals surface area (Å²) >= 11 is 9.89. The summed E-state index contributed by atoms with van der Waals surface area (Å²) in [6.07, 6.45) is 0.857. The number of hydrogen-bond acceptors (Lipinski definition) is 4. The van der Waals surface area contributed by atoms with Crippen molar-refractivity contribution < 1.29 is 14.6 Å². The van der Waals surface area contributed by atoms with Crippen molar-refractivity contribution in [3.63, 3.8) is 0 Å². The number of aryl methyl sites for hydroxylation is 1. The maximum Gasteiger partial charge on any atom is 0.407 e. The van der Waals surface area contributed by atoms with E-state index in [1.54, 1.807) is 6.20 Å². The molecule has 1 fully saturated rings. The molecule has 2 aliphatic heterocycles. The van der Waals surface area contributed by atoms with Crippen LogP contribution in [-0.4, -0.2) is 52.9 Å². The highest BCUT2D eigenvalue weighted by atomic mass is 79.9. The number of nitrogens with zero attached hydrogens (tertiary/aromatic N) is 3. The van der Waals surface area contributed by atoms with Gasteiger partial charge in [-0.1, -0.05) is 11.6 Å². The zero-order chi connectivity index (χ0) is 17.9. The van der Waals surface area contributed by atoms with Gasteiger partial charge >= 0.3 is 6.09 Å². The van der Waals surface area contributed by atoms with E-state index in [2.05, 4.69) is 25.8 Å². The first kappa shape index (κ1) is 16.7. The summed E-state index contributed by atoms with van der Waals surface area (Å²) in [5, 5.41) is 11.0. The molecular formula is C17H17BrClN3O3. The summed E-state index contributed by atoms with van der Waals surface area (Å²) in [5.74, 6) is 0.720. The number of carboxylic acid groups (broad SMARTS) is 1. The summed E-state index contributed by atoms with van der Waals surface area (Å²) < 4.78 is 6.74. The molecular weight excluding hydrogens is 410 g/mol. The molecule has 25 heavy (non-hydrogen) atoms. The number of benzene rings is 1. The topological polar surface area (TPSA) is 65.9 Å². The van der Waals surface area contributed by atoms with Crippen LogP contribution in [-0.2, 0) is 0 Å². The lowest BCUT2D eigenvalue weighted by molar-refractivity contribution is 0.100. The monoisotopic (exact) mass is 425 g/mol. The van der Waals surface area contributed by atoms with E-state index in [9.17, 15) is 9.90 Å². The van der Waals surface area contributed by atoms with E-state index in [1.165, 1.54) is 4.90 Å². The van der Waals surface area contributed by atoms with Gasteiger partial charge in [-0.05, 0) is 41.4 Å². The van der Waals surface area contributed by atoms with Crippen molar-refractivity contribution in [2.75, 3.05) is 24.6 Å². The number of amides is 1. The summed E-state index contributed by atoms with van der Waals surface area (Å²) in [7, 11) is 0. The Balaban J connectivity index is 1.88. The Kier molecular flexibility index (Phi) is 3.96. The molecule has 6 nitrogen and oxygen atoms in total. The molecule has 0 spiro atoms. The van der Waals surface area contributed by atoms with Gasteiger partial charge in [0.2, 0.25) is 0 Å². The molecule has 1 aromatic heterocycles. The first-order valence-electron chi connectivity index (χ1n) is 8.04. The van der Waals surface area contributed by atoms with Crippen LogP contribution in [0.3, 0.4) is 0 Å². The first-order chi connectivity index (χ1) is 11.9. The Bertz CT molecular complexity index is 891. The van der Waals surface area contributed by atoms with E-state index in [0.29, 0.717) is 24.7 Å². The minimum Gasteiger partial charge on any atom is -0.488 e. The maximum absolute atomic E-state index is 11.5. The Morgan fingerprint density at radius 2 is 2.24 bits per heavy atom. The molecule has 4 rings (SSSR count). The van der Waals surface area contributed by atoms with Crippen LogP contribution >= 0.6 is 27.5 Å². The fourth-order valence-electron chi connectivity index (χ4n) is 3.72. The second-order valence-corrected chi connectivity index (χ2v) is 7.77. The number of rotatable bonds is 0. The number of halogens is 2. The number of hydrogen-bond donors (Lipinski definition) is 1. The molecule has 1 saturated heterocycles. The number of pyridine rings is 1. The largest absolute Gasteiger partial charge is 0.488 e. The van der Waals surface area contributed by atoms with Gasteiger partial charge in [-0.25, -0.2) is 4.79 Å². The second kappa shape index (κ2) is 5.92. The molecule has 0 unspecified atom stereocenters. The van der Waals surface area contributed by atoms with Crippen LogP contribution in [0.25, 0.3) is 10.9 Å². The lowest BCUT2D eigenvalue weighted by Gasteiger charge is -2.47. The Labute approximate surface area is 158 Å². The van der Waals surface area contributed by atoms with E-state index < -0.39 is 6.09 Å². The fraction of sp³-hybridized carbons (Fsp3) is 0.412. The van der Waals surface area contributed by atoms with Crippen LogP contribution in [0, 0.1) is 6.92 Å². The van der Waals surface area contributed by atoms with Crippen molar-refractivity contribution in [2.24, 2.45) is 0 Å². The third-order valence-electron chi connectivity index (χ3n) is 5.03. The molecule has 0 radical (unpaired) electrons. The Morgan fingerprint density at radius 1 is 1.48 bits per heavy atom. The number of anilines is 1. The first-order valence-corrected chi connectivity index (χ1v) is 9.22. The highest BCUT2D eigenvalue weighted by Gasteiger charge is 2.39. The zero-order valence-electron chi connectivity index (χ0n) is 13.8. The third kappa shape index (κ3) is 2.52. The molecule has 0 aliphatic carbocycles. The van der Waals surface area contributed by atoms with Crippen molar-refractivity contribution in [1.82, 2.24) is 9.88 Å². The number of piperazine rings is 1. The molecule has 1 N–H and O–H groups in total. The smallest absolute Gasteiger partial charge is 0.407 e. The highest BCUT2D eigenvalue weighted by Crippen LogP contribution is 2.44. The van der Waals surface area contributed by atoms with E-state index in [-0.39, 0.29) is 12.1 Å². The van der Waals surface area contributed by atoms with Gasteiger partial charge in [-0.15, -0.1) is 0 Å². The van der Waals surface area contributed by atoms with Crippen LogP contribution in [0.15, 0.2) is 16.7 Å². The van der Waals surface area contributed by atoms with Gasteiger partial charge in [-0.2, -0.15) is 0 Å². The summed E-state index contributed by atoms with van der Waals surface area (Å²) in [5.41, 5.74) is 2.80. The van der Waals surface area contributed by atoms with Crippen LogP contribution in [0.2, 0.25) is 5.02 Å². The van der Waals surface area contributed by atoms with Crippen LogP contribution in [0.5, 0.6) is 5.75 Å². The average Bonchev–Trinajstić information content (AvgIpc) is 2.58. The average molecular weight is 427 g/mol. The maximum atomic E-state index is 11.5. The summed E-state index contributed by atoms with van der Waals surface area (Å²) in [6, 6.07) is 1.78. The number of ether oxygens (including phenoxy) is 1. The number of carbonyl (C=O) groups is 1. The predicted molar refractivity (Wildman–Crippen MR) is 100 cm³/mol. The molecule has 2 aromatic rings. The van der Waals surface area contributed by atoms with E-state index in [4.69, 9.17) is 16.3 Å². The van der Waals surface area contributed by atoms with Crippen molar-refractivity contribution >= 4 is 50.2 Å². The molecule has 0 saturated carbocycles. The lowest BCUT2D eigenvalue weighted by atomic mass is 10.0. The van der Waals surface area contributed by atoms with Crippen molar-refractivity contribution in [2.45, 2.75) is 25.9 Å². The van der Waals surface area contributed by atoms with Crippen LogP contribution < -0.4 is 9.64 Å². The van der Waals surface area contributed by atoms with E-state index >= 15 is 0 Å². The molecule has 3 heterocycles. The number of aromatic nitrogens is 1. The van der Waals surface area contributed by atoms with E-state index in [1.807, 2.05) is 19.9 Å². The SMILES string of the molecule is Cc1c(Br)c(Cl)cc2c3c(cnc12)OC[C@H]1CN(C(=O)O)[C@H](C)CN31. The lowest BCUT2D eigenvalue weighted by Crippen LogP contribution is -2.61. The minimum absolute atomic E-state index is 0.0203. The van der Waals surface area contributed by atoms with Gasteiger partial charge in [0, 0.05) is 29.0 Å². The molecule has 132 valence electrons. The van der Waals surface area contributed by atoms with Gasteiger partial charge in [0.05, 0.1) is 28.5 Å². The van der Waals surface area contributed by atoms with Crippen molar-refractivity contribution in [3.05, 3.63) is 27.3 Å². The molecule has 2 atom stereocenters. The summed E-state index contributed by atoms with van der Waals surface area (Å²) in [6.45, 7) is 5.38. The molecule has 0 bridgehead atoms. The van der Waals surface area contributed by atoms with Crippen molar-refractivity contribution in [1.29, 1.82) is 0 Å². The second-order valence-electron chi connectivity index (χ2n) is 6.57. The predicted octanol–water partition coefficient (Wildman–Crippen LogP) is 3.91. The fourth-order valence-corrected chi connectivity index (χ4v) is 4.27. The van der Waals surface area contributed by atoms with Crippen LogP contribution in [0.1, 0.15) is 12.5 Å². The molecule has 1 aromatic carbocycles. The molecule has 1 amide bonds. The number of fused-ring (bicyclic) bond motifs is 5. The summed E-state index contributed by atoms with van der Waals surface area (Å²) in [4.78, 5) is 19.7. The quantitative estimate of drug-likeness (QED) is 0.692. The Morgan fingerprint density at radius 3 is 2.96 bits per heavy atom. The van der Waals surface area contributed by atoms with Crippen LogP contribution in [0.4, 0.5) is 10.5 Å².